The summed E-state index contributed by atoms with van der Waals surface area (Å²) >= 11 is 0. The molecule has 0 spiro atoms. The van der Waals surface area contributed by atoms with E-state index in [9.17, 15) is 4.79 Å². The number of nitrogens with zero attached hydrogens (tertiary/aromatic N) is 3. The summed E-state index contributed by atoms with van der Waals surface area (Å²) in [7, 11) is 2.13. The summed E-state index contributed by atoms with van der Waals surface area (Å²) in [5.74, 6) is 1.43. The van der Waals surface area contributed by atoms with Gasteiger partial charge in [0.25, 0.3) is 5.91 Å². The molecule has 0 bridgehead atoms. The van der Waals surface area contributed by atoms with Crippen LogP contribution in [0.15, 0.2) is 42.6 Å². The first-order valence-electron chi connectivity index (χ1n) is 10.2. The third-order valence-electron chi connectivity index (χ3n) is 5.25. The number of amides is 1. The minimum Gasteiger partial charge on any atom is -0.481 e. The average Bonchev–Trinajstić information content (AvgIpc) is 2.69. The minimum atomic E-state index is -0.604. The molecule has 0 radical (unpaired) electrons. The highest BCUT2D eigenvalue weighted by molar-refractivity contribution is 5.94. The molecular weight excluding hydrogens is 364 g/mol. The molecule has 0 aliphatic carbocycles. The second-order valence-electron chi connectivity index (χ2n) is 8.72. The van der Waals surface area contributed by atoms with Gasteiger partial charge in [0.1, 0.15) is 11.6 Å². The maximum atomic E-state index is 12.5. The number of carbonyl (C=O) groups is 1. The van der Waals surface area contributed by atoms with Crippen LogP contribution in [0.2, 0.25) is 0 Å². The molecule has 1 atom stereocenters. The van der Waals surface area contributed by atoms with Crippen LogP contribution in [0.5, 0.6) is 5.75 Å². The molecule has 6 heteroatoms. The molecule has 1 N–H and O–H groups in total. The number of hydrogen-bond acceptors (Lipinski definition) is 5. The maximum absolute atomic E-state index is 12.5. The Morgan fingerprint density at radius 2 is 1.72 bits per heavy atom. The number of anilines is 2. The number of benzene rings is 1. The lowest BCUT2D eigenvalue weighted by molar-refractivity contribution is -0.122. The van der Waals surface area contributed by atoms with Crippen molar-refractivity contribution in [1.29, 1.82) is 0 Å². The van der Waals surface area contributed by atoms with Gasteiger partial charge in [-0.15, -0.1) is 0 Å². The molecule has 1 amide bonds. The van der Waals surface area contributed by atoms with E-state index < -0.39 is 6.10 Å². The van der Waals surface area contributed by atoms with E-state index in [-0.39, 0.29) is 11.3 Å². The first-order chi connectivity index (χ1) is 13.7. The number of aromatic nitrogens is 1. The van der Waals surface area contributed by atoms with Crippen LogP contribution in [0.4, 0.5) is 11.5 Å². The Labute approximate surface area is 173 Å². The molecule has 0 saturated carbocycles. The molecule has 1 fully saturated rings. The largest absolute Gasteiger partial charge is 0.481 e. The van der Waals surface area contributed by atoms with Crippen LogP contribution in [0, 0.1) is 0 Å². The van der Waals surface area contributed by atoms with Crippen LogP contribution < -0.4 is 15.0 Å². The summed E-state index contributed by atoms with van der Waals surface area (Å²) in [6.07, 6.45) is 1.10. The first-order valence-corrected chi connectivity index (χ1v) is 10.2. The summed E-state index contributed by atoms with van der Waals surface area (Å²) in [5, 5.41) is 2.88. The van der Waals surface area contributed by atoms with Gasteiger partial charge < -0.3 is 19.9 Å². The van der Waals surface area contributed by atoms with E-state index in [1.807, 2.05) is 36.4 Å². The molecular formula is C23H32N4O2. The normalized spacial score (nSPS) is 16.4. The third-order valence-corrected chi connectivity index (χ3v) is 5.25. The third kappa shape index (κ3) is 5.70. The highest BCUT2D eigenvalue weighted by Gasteiger charge is 2.18. The predicted molar refractivity (Wildman–Crippen MR) is 118 cm³/mol. The summed E-state index contributed by atoms with van der Waals surface area (Å²) in [5.41, 5.74) is 1.99. The molecule has 1 aromatic heterocycles. The van der Waals surface area contributed by atoms with Crippen molar-refractivity contribution < 1.29 is 9.53 Å². The molecule has 1 aliphatic heterocycles. The lowest BCUT2D eigenvalue weighted by Crippen LogP contribution is -2.44. The molecule has 3 rings (SSSR count). The number of nitrogens with one attached hydrogen (secondary N) is 1. The van der Waals surface area contributed by atoms with Gasteiger partial charge >= 0.3 is 0 Å². The van der Waals surface area contributed by atoms with E-state index in [4.69, 9.17) is 4.74 Å². The zero-order valence-electron chi connectivity index (χ0n) is 18.1. The van der Waals surface area contributed by atoms with Gasteiger partial charge in [0, 0.05) is 26.2 Å². The lowest BCUT2D eigenvalue weighted by Gasteiger charge is -2.33. The number of rotatable bonds is 5. The molecule has 156 valence electrons. The number of likely N-dealkylation sites (N-methyl/N-ethyl adjacent to an activating group) is 1. The van der Waals surface area contributed by atoms with E-state index >= 15 is 0 Å². The quantitative estimate of drug-likeness (QED) is 0.838. The van der Waals surface area contributed by atoms with E-state index in [2.05, 4.69) is 47.9 Å². The van der Waals surface area contributed by atoms with Crippen molar-refractivity contribution in [3.63, 3.8) is 0 Å². The molecule has 1 unspecified atom stereocenters. The average molecular weight is 397 g/mol. The van der Waals surface area contributed by atoms with Crippen molar-refractivity contribution in [3.8, 4) is 5.75 Å². The first kappa shape index (κ1) is 21.1. The predicted octanol–water partition coefficient (Wildman–Crippen LogP) is 3.54. The highest BCUT2D eigenvalue weighted by atomic mass is 16.5. The van der Waals surface area contributed by atoms with E-state index in [0.717, 1.165) is 32.0 Å². The number of pyridine rings is 1. The number of carbonyl (C=O) groups excluding carboxylic acids is 1. The van der Waals surface area contributed by atoms with E-state index in [0.29, 0.717) is 11.4 Å². The van der Waals surface area contributed by atoms with Crippen LogP contribution in [-0.2, 0) is 10.2 Å². The minimum absolute atomic E-state index is 0.0881. The van der Waals surface area contributed by atoms with Crippen molar-refractivity contribution in [2.24, 2.45) is 0 Å². The fourth-order valence-corrected chi connectivity index (χ4v) is 3.22. The van der Waals surface area contributed by atoms with Gasteiger partial charge in [-0.1, -0.05) is 32.9 Å². The SMILES string of the molecule is CC(Oc1ccc(C(C)(C)C)cc1)C(=O)Nc1ccc(N2CCN(C)CC2)nc1. The molecule has 1 saturated heterocycles. The Kier molecular flexibility index (Phi) is 6.42. The zero-order chi connectivity index (χ0) is 21.0. The van der Waals surface area contributed by atoms with Gasteiger partial charge in [-0.2, -0.15) is 0 Å². The van der Waals surface area contributed by atoms with Crippen molar-refractivity contribution in [2.75, 3.05) is 43.4 Å². The van der Waals surface area contributed by atoms with Crippen LogP contribution in [0.1, 0.15) is 33.3 Å². The topological polar surface area (TPSA) is 57.7 Å². The fourth-order valence-electron chi connectivity index (χ4n) is 3.22. The van der Waals surface area contributed by atoms with Gasteiger partial charge in [-0.25, -0.2) is 4.98 Å². The van der Waals surface area contributed by atoms with Crippen LogP contribution >= 0.6 is 0 Å². The Hall–Kier alpha value is -2.60. The molecule has 1 aromatic carbocycles. The van der Waals surface area contributed by atoms with Crippen LogP contribution in [-0.4, -0.2) is 55.1 Å². The number of hydrogen-bond donors (Lipinski definition) is 1. The Balaban J connectivity index is 1.54. The smallest absolute Gasteiger partial charge is 0.265 e. The highest BCUT2D eigenvalue weighted by Crippen LogP contribution is 2.25. The van der Waals surface area contributed by atoms with Crippen molar-refractivity contribution in [2.45, 2.75) is 39.2 Å². The second kappa shape index (κ2) is 8.82. The summed E-state index contributed by atoms with van der Waals surface area (Å²) in [4.78, 5) is 21.6. The zero-order valence-corrected chi connectivity index (χ0v) is 18.1. The molecule has 2 heterocycles. The number of piperazine rings is 1. The molecule has 6 nitrogen and oxygen atoms in total. The lowest BCUT2D eigenvalue weighted by atomic mass is 9.87. The second-order valence-corrected chi connectivity index (χ2v) is 8.72. The maximum Gasteiger partial charge on any atom is 0.265 e. The summed E-state index contributed by atoms with van der Waals surface area (Å²) in [6.45, 7) is 12.3. The van der Waals surface area contributed by atoms with Gasteiger partial charge in [-0.05, 0) is 49.2 Å². The van der Waals surface area contributed by atoms with Crippen LogP contribution in [0.25, 0.3) is 0 Å². The standard InChI is InChI=1S/C23H32N4O2/c1-17(29-20-9-6-18(7-10-20)23(2,3)4)22(28)25-19-8-11-21(24-16-19)27-14-12-26(5)13-15-27/h6-11,16-17H,12-15H2,1-5H3,(H,25,28). The van der Waals surface area contributed by atoms with Gasteiger partial charge in [0.2, 0.25) is 0 Å². The van der Waals surface area contributed by atoms with Crippen molar-refractivity contribution in [3.05, 3.63) is 48.2 Å². The molecule has 2 aromatic rings. The van der Waals surface area contributed by atoms with Crippen molar-refractivity contribution in [1.82, 2.24) is 9.88 Å². The van der Waals surface area contributed by atoms with Gasteiger partial charge in [0.15, 0.2) is 6.10 Å². The van der Waals surface area contributed by atoms with Crippen LogP contribution in [0.3, 0.4) is 0 Å². The fraction of sp³-hybridized carbons (Fsp3) is 0.478. The molecule has 29 heavy (non-hydrogen) atoms. The molecule has 1 aliphatic rings. The summed E-state index contributed by atoms with van der Waals surface area (Å²) < 4.78 is 5.80. The number of ether oxygens (including phenoxy) is 1. The van der Waals surface area contributed by atoms with Crippen molar-refractivity contribution >= 4 is 17.4 Å². The van der Waals surface area contributed by atoms with Gasteiger partial charge in [0.05, 0.1) is 11.9 Å². The Morgan fingerprint density at radius 1 is 1.07 bits per heavy atom. The Morgan fingerprint density at radius 3 is 2.28 bits per heavy atom. The van der Waals surface area contributed by atoms with E-state index in [1.54, 1.807) is 13.1 Å². The van der Waals surface area contributed by atoms with Gasteiger partial charge in [-0.3, -0.25) is 4.79 Å². The summed E-state index contributed by atoms with van der Waals surface area (Å²) in [6, 6.07) is 11.8. The van der Waals surface area contributed by atoms with E-state index in [1.165, 1.54) is 5.56 Å². The monoisotopic (exact) mass is 396 g/mol. The Bertz CT molecular complexity index is 804.